The summed E-state index contributed by atoms with van der Waals surface area (Å²) in [5.74, 6) is 5.98. The minimum absolute atomic E-state index is 0.159. The van der Waals surface area contributed by atoms with Crippen molar-refractivity contribution < 1.29 is 14.2 Å². The standard InChI is InChI=1S/C12H23N5O3/c1-4-5-19-11-14-10(17-13)15-12(16-11)20-7-6-18-8-9(2)3/h9H,4-8,13H2,1-3H3,(H,14,15,16,17). The van der Waals surface area contributed by atoms with E-state index in [-0.39, 0.29) is 18.0 Å². The van der Waals surface area contributed by atoms with Crippen molar-refractivity contribution in [1.82, 2.24) is 15.0 Å². The van der Waals surface area contributed by atoms with Crippen LogP contribution < -0.4 is 20.7 Å². The molecule has 0 radical (unpaired) electrons. The lowest BCUT2D eigenvalue weighted by Crippen LogP contribution is -2.15. The summed E-state index contributed by atoms with van der Waals surface area (Å²) in [6.45, 7) is 8.21. The molecule has 0 unspecified atom stereocenters. The van der Waals surface area contributed by atoms with Crippen LogP contribution in [0.2, 0.25) is 0 Å². The molecule has 0 spiro atoms. The summed E-state index contributed by atoms with van der Waals surface area (Å²) in [6, 6.07) is 0.347. The molecule has 1 heterocycles. The highest BCUT2D eigenvalue weighted by Gasteiger charge is 2.07. The third-order valence-electron chi connectivity index (χ3n) is 2.07. The van der Waals surface area contributed by atoms with Gasteiger partial charge in [-0.15, -0.1) is 4.98 Å². The van der Waals surface area contributed by atoms with Crippen LogP contribution in [-0.4, -0.2) is 41.4 Å². The van der Waals surface area contributed by atoms with Gasteiger partial charge in [0, 0.05) is 6.61 Å². The zero-order valence-electron chi connectivity index (χ0n) is 12.3. The minimum atomic E-state index is 0.159. The quantitative estimate of drug-likeness (QED) is 0.372. The lowest BCUT2D eigenvalue weighted by atomic mass is 10.2. The fourth-order valence-corrected chi connectivity index (χ4v) is 1.24. The van der Waals surface area contributed by atoms with Crippen molar-refractivity contribution in [2.45, 2.75) is 27.2 Å². The zero-order valence-corrected chi connectivity index (χ0v) is 12.3. The number of nitrogens with two attached hydrogens (primary N) is 1. The Kier molecular flexibility index (Phi) is 7.59. The van der Waals surface area contributed by atoms with Crippen LogP contribution >= 0.6 is 0 Å². The van der Waals surface area contributed by atoms with Gasteiger partial charge in [0.1, 0.15) is 6.61 Å². The second kappa shape index (κ2) is 9.27. The van der Waals surface area contributed by atoms with Gasteiger partial charge in [-0.05, 0) is 12.3 Å². The third-order valence-corrected chi connectivity index (χ3v) is 2.07. The van der Waals surface area contributed by atoms with Gasteiger partial charge in [0.05, 0.1) is 13.2 Å². The van der Waals surface area contributed by atoms with E-state index in [1.165, 1.54) is 0 Å². The van der Waals surface area contributed by atoms with E-state index in [2.05, 4.69) is 34.2 Å². The Morgan fingerprint density at radius 3 is 2.25 bits per heavy atom. The lowest BCUT2D eigenvalue weighted by Gasteiger charge is -2.09. The Hall–Kier alpha value is -1.67. The van der Waals surface area contributed by atoms with E-state index in [4.69, 9.17) is 20.1 Å². The topological polar surface area (TPSA) is 104 Å². The minimum Gasteiger partial charge on any atom is -0.463 e. The molecule has 8 nitrogen and oxygen atoms in total. The molecule has 0 saturated carbocycles. The largest absolute Gasteiger partial charge is 0.463 e. The maximum Gasteiger partial charge on any atom is 0.324 e. The molecule has 1 aromatic heterocycles. The smallest absolute Gasteiger partial charge is 0.324 e. The maximum atomic E-state index is 5.40. The number of aromatic nitrogens is 3. The summed E-state index contributed by atoms with van der Waals surface area (Å²) < 4.78 is 16.1. The van der Waals surface area contributed by atoms with E-state index in [1.54, 1.807) is 0 Å². The molecule has 1 rings (SSSR count). The molecular formula is C12H23N5O3. The van der Waals surface area contributed by atoms with Crippen LogP contribution in [0.4, 0.5) is 5.95 Å². The van der Waals surface area contributed by atoms with Crippen LogP contribution in [0.15, 0.2) is 0 Å². The fourth-order valence-electron chi connectivity index (χ4n) is 1.24. The highest BCUT2D eigenvalue weighted by atomic mass is 16.5. The van der Waals surface area contributed by atoms with Crippen molar-refractivity contribution >= 4 is 5.95 Å². The summed E-state index contributed by atoms with van der Waals surface area (Å²) in [4.78, 5) is 12.0. The number of nitrogens with zero attached hydrogens (tertiary/aromatic N) is 3. The molecule has 0 amide bonds. The first kappa shape index (κ1) is 16.4. The van der Waals surface area contributed by atoms with E-state index in [1.807, 2.05) is 6.92 Å². The predicted octanol–water partition coefficient (Wildman–Crippen LogP) is 0.997. The van der Waals surface area contributed by atoms with Gasteiger partial charge < -0.3 is 14.2 Å². The number of hydrogen-bond donors (Lipinski definition) is 2. The molecule has 114 valence electrons. The number of ether oxygens (including phenoxy) is 3. The summed E-state index contributed by atoms with van der Waals surface area (Å²) in [5, 5.41) is 0. The molecular weight excluding hydrogens is 262 g/mol. The Balaban J connectivity index is 2.46. The monoisotopic (exact) mass is 285 g/mol. The number of nitrogen functional groups attached to an aromatic ring is 1. The lowest BCUT2D eigenvalue weighted by molar-refractivity contribution is 0.0788. The van der Waals surface area contributed by atoms with Gasteiger partial charge in [0.25, 0.3) is 0 Å². The summed E-state index contributed by atoms with van der Waals surface area (Å²) >= 11 is 0. The molecule has 0 fully saturated rings. The second-order valence-electron chi connectivity index (χ2n) is 4.53. The summed E-state index contributed by atoms with van der Waals surface area (Å²) in [6.07, 6.45) is 0.857. The Labute approximate surface area is 119 Å². The highest BCUT2D eigenvalue weighted by Crippen LogP contribution is 2.12. The molecule has 0 aliphatic carbocycles. The number of rotatable bonds is 10. The molecule has 0 bridgehead atoms. The van der Waals surface area contributed by atoms with Crippen LogP contribution in [0, 0.1) is 5.92 Å². The number of hydrazine groups is 1. The number of hydrogen-bond acceptors (Lipinski definition) is 8. The Morgan fingerprint density at radius 1 is 1.05 bits per heavy atom. The highest BCUT2D eigenvalue weighted by molar-refractivity contribution is 5.25. The molecule has 0 aliphatic rings. The van der Waals surface area contributed by atoms with E-state index in [0.717, 1.165) is 6.42 Å². The van der Waals surface area contributed by atoms with E-state index in [0.29, 0.717) is 32.3 Å². The van der Waals surface area contributed by atoms with Crippen molar-refractivity contribution in [3.05, 3.63) is 0 Å². The molecule has 8 heteroatoms. The van der Waals surface area contributed by atoms with Gasteiger partial charge in [0.2, 0.25) is 5.95 Å². The Morgan fingerprint density at radius 2 is 1.70 bits per heavy atom. The molecule has 0 aromatic carbocycles. The summed E-state index contributed by atoms with van der Waals surface area (Å²) in [7, 11) is 0. The average molecular weight is 285 g/mol. The van der Waals surface area contributed by atoms with Gasteiger partial charge in [-0.1, -0.05) is 20.8 Å². The van der Waals surface area contributed by atoms with Crippen molar-refractivity contribution in [3.63, 3.8) is 0 Å². The van der Waals surface area contributed by atoms with Crippen LogP contribution in [0.1, 0.15) is 27.2 Å². The van der Waals surface area contributed by atoms with Gasteiger partial charge in [-0.2, -0.15) is 9.97 Å². The second-order valence-corrected chi connectivity index (χ2v) is 4.53. The van der Waals surface area contributed by atoms with E-state index >= 15 is 0 Å². The fraction of sp³-hybridized carbons (Fsp3) is 0.750. The first-order valence-electron chi connectivity index (χ1n) is 6.71. The normalized spacial score (nSPS) is 10.7. The van der Waals surface area contributed by atoms with Gasteiger partial charge in [0.15, 0.2) is 0 Å². The molecule has 0 saturated heterocycles. The maximum absolute atomic E-state index is 5.40. The van der Waals surface area contributed by atoms with Crippen molar-refractivity contribution in [2.75, 3.05) is 31.9 Å². The van der Waals surface area contributed by atoms with E-state index in [9.17, 15) is 0 Å². The predicted molar refractivity (Wildman–Crippen MR) is 74.6 cm³/mol. The van der Waals surface area contributed by atoms with Crippen LogP contribution in [-0.2, 0) is 4.74 Å². The van der Waals surface area contributed by atoms with E-state index < -0.39 is 0 Å². The van der Waals surface area contributed by atoms with Crippen molar-refractivity contribution in [3.8, 4) is 12.0 Å². The number of anilines is 1. The van der Waals surface area contributed by atoms with Crippen LogP contribution in [0.3, 0.4) is 0 Å². The molecule has 0 atom stereocenters. The molecule has 1 aromatic rings. The van der Waals surface area contributed by atoms with Crippen molar-refractivity contribution in [1.29, 1.82) is 0 Å². The Bertz CT molecular complexity index is 389. The van der Waals surface area contributed by atoms with Gasteiger partial charge >= 0.3 is 12.0 Å². The number of nitrogens with one attached hydrogen (secondary N) is 1. The SMILES string of the molecule is CCCOc1nc(NN)nc(OCCOCC(C)C)n1. The van der Waals surface area contributed by atoms with Crippen molar-refractivity contribution in [2.24, 2.45) is 11.8 Å². The zero-order chi connectivity index (χ0) is 14.8. The molecule has 0 aliphatic heterocycles. The average Bonchev–Trinajstić information content (AvgIpc) is 2.44. The first-order valence-corrected chi connectivity index (χ1v) is 6.71. The van der Waals surface area contributed by atoms with Gasteiger partial charge in [-0.3, -0.25) is 5.43 Å². The summed E-state index contributed by atoms with van der Waals surface area (Å²) in [5.41, 5.74) is 2.35. The molecule has 3 N–H and O–H groups in total. The van der Waals surface area contributed by atoms with Gasteiger partial charge in [-0.25, -0.2) is 5.84 Å². The third kappa shape index (κ3) is 6.48. The first-order chi connectivity index (χ1) is 9.65. The van der Waals surface area contributed by atoms with Crippen LogP contribution in [0.5, 0.6) is 12.0 Å². The molecule has 20 heavy (non-hydrogen) atoms. The van der Waals surface area contributed by atoms with Crippen LogP contribution in [0.25, 0.3) is 0 Å².